The van der Waals surface area contributed by atoms with Crippen LogP contribution >= 0.6 is 0 Å². The Morgan fingerprint density at radius 2 is 1.81 bits per heavy atom. The summed E-state index contributed by atoms with van der Waals surface area (Å²) < 4.78 is 4.95. The SMILES string of the molecule is Cc1ccc(OC#N)c(-c2ccccc2)c1. The fourth-order valence-corrected chi connectivity index (χ4v) is 1.63. The second kappa shape index (κ2) is 4.50. The Bertz CT molecular complexity index is 526. The molecule has 0 aliphatic rings. The lowest BCUT2D eigenvalue weighted by Gasteiger charge is -2.07. The molecule has 0 amide bonds. The van der Waals surface area contributed by atoms with Gasteiger partial charge in [-0.3, -0.25) is 0 Å². The highest BCUT2D eigenvalue weighted by Gasteiger charge is 2.06. The zero-order valence-electron chi connectivity index (χ0n) is 8.97. The van der Waals surface area contributed by atoms with Crippen molar-refractivity contribution >= 4 is 0 Å². The van der Waals surface area contributed by atoms with Gasteiger partial charge in [0, 0.05) is 5.56 Å². The summed E-state index contributed by atoms with van der Waals surface area (Å²) in [7, 11) is 0. The molecular formula is C14H11NO. The predicted octanol–water partition coefficient (Wildman–Crippen LogP) is 3.52. The van der Waals surface area contributed by atoms with Gasteiger partial charge >= 0.3 is 0 Å². The molecule has 0 atom stereocenters. The van der Waals surface area contributed by atoms with Crippen molar-refractivity contribution in [2.45, 2.75) is 6.92 Å². The van der Waals surface area contributed by atoms with E-state index in [0.717, 1.165) is 16.7 Å². The Morgan fingerprint density at radius 1 is 1.06 bits per heavy atom. The van der Waals surface area contributed by atoms with E-state index in [1.54, 1.807) is 6.26 Å². The number of hydrogen-bond donors (Lipinski definition) is 0. The monoisotopic (exact) mass is 209 g/mol. The van der Waals surface area contributed by atoms with Crippen LogP contribution in [-0.4, -0.2) is 0 Å². The van der Waals surface area contributed by atoms with E-state index in [4.69, 9.17) is 10.00 Å². The number of nitriles is 1. The van der Waals surface area contributed by atoms with E-state index in [1.165, 1.54) is 0 Å². The highest BCUT2D eigenvalue weighted by atomic mass is 16.5. The molecule has 2 rings (SSSR count). The standard InChI is InChI=1S/C14H11NO/c1-11-7-8-14(16-10-15)13(9-11)12-5-3-2-4-6-12/h2-9H,1H3. The summed E-state index contributed by atoms with van der Waals surface area (Å²) in [6.07, 6.45) is 1.71. The van der Waals surface area contributed by atoms with Gasteiger partial charge in [0.1, 0.15) is 5.75 Å². The van der Waals surface area contributed by atoms with Crippen LogP contribution in [0, 0.1) is 18.4 Å². The van der Waals surface area contributed by atoms with Crippen molar-refractivity contribution in [3.05, 3.63) is 54.1 Å². The summed E-state index contributed by atoms with van der Waals surface area (Å²) in [6, 6.07) is 15.7. The molecule has 0 fully saturated rings. The minimum atomic E-state index is 0.597. The van der Waals surface area contributed by atoms with Crippen molar-refractivity contribution < 1.29 is 4.74 Å². The first-order chi connectivity index (χ1) is 7.81. The van der Waals surface area contributed by atoms with Crippen LogP contribution in [-0.2, 0) is 0 Å². The summed E-state index contributed by atoms with van der Waals surface area (Å²) >= 11 is 0. The van der Waals surface area contributed by atoms with Gasteiger partial charge in [0.2, 0.25) is 0 Å². The topological polar surface area (TPSA) is 33.0 Å². The molecule has 2 aromatic carbocycles. The molecule has 2 heteroatoms. The first-order valence-electron chi connectivity index (χ1n) is 5.03. The second-order valence-electron chi connectivity index (χ2n) is 3.56. The highest BCUT2D eigenvalue weighted by Crippen LogP contribution is 2.30. The van der Waals surface area contributed by atoms with Gasteiger partial charge in [-0.1, -0.05) is 42.0 Å². The maximum Gasteiger partial charge on any atom is 0.292 e. The predicted molar refractivity (Wildman–Crippen MR) is 62.9 cm³/mol. The molecule has 0 N–H and O–H groups in total. The Labute approximate surface area is 94.7 Å². The number of benzene rings is 2. The molecule has 2 nitrogen and oxygen atoms in total. The molecule has 0 unspecified atom stereocenters. The summed E-state index contributed by atoms with van der Waals surface area (Å²) in [5.74, 6) is 0.597. The smallest absolute Gasteiger partial charge is 0.292 e. The molecule has 2 aromatic rings. The van der Waals surface area contributed by atoms with Crippen LogP contribution in [0.2, 0.25) is 0 Å². The molecule has 0 saturated heterocycles. The van der Waals surface area contributed by atoms with Crippen molar-refractivity contribution in [1.82, 2.24) is 0 Å². The third-order valence-corrected chi connectivity index (χ3v) is 2.38. The van der Waals surface area contributed by atoms with E-state index < -0.39 is 0 Å². The van der Waals surface area contributed by atoms with Crippen molar-refractivity contribution in [1.29, 1.82) is 5.26 Å². The van der Waals surface area contributed by atoms with Gasteiger partial charge in [0.05, 0.1) is 0 Å². The molecule has 0 radical (unpaired) electrons. The molecule has 0 bridgehead atoms. The molecular weight excluding hydrogens is 198 g/mol. The summed E-state index contributed by atoms with van der Waals surface area (Å²) in [6.45, 7) is 2.02. The van der Waals surface area contributed by atoms with E-state index in [2.05, 4.69) is 0 Å². The van der Waals surface area contributed by atoms with E-state index in [9.17, 15) is 0 Å². The minimum absolute atomic E-state index is 0.597. The van der Waals surface area contributed by atoms with Crippen LogP contribution in [0.25, 0.3) is 11.1 Å². The number of aryl methyl sites for hydroxylation is 1. The lowest BCUT2D eigenvalue weighted by Crippen LogP contribution is -1.88. The zero-order valence-corrected chi connectivity index (χ0v) is 8.97. The Morgan fingerprint density at radius 3 is 2.50 bits per heavy atom. The maximum atomic E-state index is 8.59. The van der Waals surface area contributed by atoms with Gasteiger partial charge in [-0.25, -0.2) is 0 Å². The average molecular weight is 209 g/mol. The number of ether oxygens (including phenoxy) is 1. The van der Waals surface area contributed by atoms with Gasteiger partial charge in [0.15, 0.2) is 0 Å². The number of rotatable bonds is 2. The van der Waals surface area contributed by atoms with E-state index in [-0.39, 0.29) is 0 Å². The van der Waals surface area contributed by atoms with Crippen LogP contribution in [0.15, 0.2) is 48.5 Å². The van der Waals surface area contributed by atoms with Crippen LogP contribution in [0.1, 0.15) is 5.56 Å². The Hall–Kier alpha value is -2.27. The second-order valence-corrected chi connectivity index (χ2v) is 3.56. The summed E-state index contributed by atoms with van der Waals surface area (Å²) in [5, 5.41) is 8.59. The van der Waals surface area contributed by atoms with E-state index in [1.807, 2.05) is 55.5 Å². The molecule has 0 heterocycles. The van der Waals surface area contributed by atoms with Crippen molar-refractivity contribution in [2.24, 2.45) is 0 Å². The van der Waals surface area contributed by atoms with Gasteiger partial charge in [-0.05, 0) is 24.6 Å². The molecule has 16 heavy (non-hydrogen) atoms. The summed E-state index contributed by atoms with van der Waals surface area (Å²) in [5.41, 5.74) is 3.14. The lowest BCUT2D eigenvalue weighted by atomic mass is 10.0. The fourth-order valence-electron chi connectivity index (χ4n) is 1.63. The van der Waals surface area contributed by atoms with Crippen LogP contribution in [0.3, 0.4) is 0 Å². The van der Waals surface area contributed by atoms with Gasteiger partial charge < -0.3 is 4.74 Å². The minimum Gasteiger partial charge on any atom is -0.387 e. The third-order valence-electron chi connectivity index (χ3n) is 2.38. The molecule has 0 saturated carbocycles. The number of nitrogens with zero attached hydrogens (tertiary/aromatic N) is 1. The first-order valence-corrected chi connectivity index (χ1v) is 5.03. The number of hydrogen-bond acceptors (Lipinski definition) is 2. The molecule has 0 aromatic heterocycles. The lowest BCUT2D eigenvalue weighted by molar-refractivity contribution is 0.509. The van der Waals surface area contributed by atoms with Crippen molar-refractivity contribution in [2.75, 3.05) is 0 Å². The first kappa shape index (κ1) is 10.3. The quantitative estimate of drug-likeness (QED) is 0.709. The Kier molecular flexibility index (Phi) is 2.88. The van der Waals surface area contributed by atoms with Crippen LogP contribution in [0.4, 0.5) is 0 Å². The van der Waals surface area contributed by atoms with E-state index in [0.29, 0.717) is 5.75 Å². The molecule has 0 spiro atoms. The van der Waals surface area contributed by atoms with Crippen molar-refractivity contribution in [3.63, 3.8) is 0 Å². The molecule has 0 aliphatic carbocycles. The van der Waals surface area contributed by atoms with E-state index >= 15 is 0 Å². The van der Waals surface area contributed by atoms with Crippen molar-refractivity contribution in [3.8, 4) is 23.1 Å². The largest absolute Gasteiger partial charge is 0.387 e. The average Bonchev–Trinajstić information content (AvgIpc) is 2.33. The van der Waals surface area contributed by atoms with Gasteiger partial charge in [-0.2, -0.15) is 0 Å². The van der Waals surface area contributed by atoms with Crippen LogP contribution in [0.5, 0.6) is 5.75 Å². The maximum absolute atomic E-state index is 8.59. The third kappa shape index (κ3) is 2.04. The zero-order chi connectivity index (χ0) is 11.4. The summed E-state index contributed by atoms with van der Waals surface area (Å²) in [4.78, 5) is 0. The Balaban J connectivity index is 2.55. The molecule has 0 aliphatic heterocycles. The fraction of sp³-hybridized carbons (Fsp3) is 0.0714. The molecule has 78 valence electrons. The van der Waals surface area contributed by atoms with Gasteiger partial charge in [-0.15, -0.1) is 5.26 Å². The van der Waals surface area contributed by atoms with Crippen LogP contribution < -0.4 is 4.74 Å². The highest BCUT2D eigenvalue weighted by molar-refractivity contribution is 5.71. The van der Waals surface area contributed by atoms with Gasteiger partial charge in [0.25, 0.3) is 6.26 Å². The normalized spacial score (nSPS) is 9.50.